The molecule has 3 nitrogen and oxygen atoms in total. The molecular formula is C16H26N2O. The molecule has 106 valence electrons. The van der Waals surface area contributed by atoms with Gasteiger partial charge in [0.05, 0.1) is 12.7 Å². The second-order valence-corrected chi connectivity index (χ2v) is 5.58. The Bertz CT molecular complexity index is 366. The first-order valence-electron chi connectivity index (χ1n) is 7.27. The molecule has 0 aromatic heterocycles. The smallest absolute Gasteiger partial charge is 0.0858 e. The van der Waals surface area contributed by atoms with Gasteiger partial charge in [0.15, 0.2) is 0 Å². The summed E-state index contributed by atoms with van der Waals surface area (Å²) in [5.74, 6) is 0. The third kappa shape index (κ3) is 4.03. The molecule has 3 heteroatoms. The third-order valence-corrected chi connectivity index (χ3v) is 3.97. The van der Waals surface area contributed by atoms with E-state index >= 15 is 0 Å². The molecule has 19 heavy (non-hydrogen) atoms. The fraction of sp³-hybridized carbons (Fsp3) is 0.625. The maximum Gasteiger partial charge on any atom is 0.0858 e. The van der Waals surface area contributed by atoms with Crippen LogP contribution in [0.15, 0.2) is 30.3 Å². The summed E-state index contributed by atoms with van der Waals surface area (Å²) in [5, 5.41) is 3.43. The number of morpholine rings is 1. The molecule has 0 saturated carbocycles. The molecule has 0 bridgehead atoms. The lowest BCUT2D eigenvalue weighted by molar-refractivity contribution is -0.0541. The van der Waals surface area contributed by atoms with Gasteiger partial charge in [-0.2, -0.15) is 0 Å². The molecule has 1 aliphatic rings. The summed E-state index contributed by atoms with van der Waals surface area (Å²) >= 11 is 0. The minimum Gasteiger partial charge on any atom is -0.374 e. The number of ether oxygens (including phenoxy) is 1. The van der Waals surface area contributed by atoms with Crippen molar-refractivity contribution < 1.29 is 4.74 Å². The van der Waals surface area contributed by atoms with Crippen molar-refractivity contribution in [2.75, 3.05) is 26.7 Å². The number of hydrogen-bond acceptors (Lipinski definition) is 3. The molecule has 1 heterocycles. The standard InChI is InChI=1S/C16H26N2O/c1-13(2)18-9-10-19-16(12-18)15(17-3)11-14-7-5-4-6-8-14/h4-8,13,15-17H,9-12H2,1-3H3. The number of nitrogens with one attached hydrogen (secondary N) is 1. The minimum absolute atomic E-state index is 0.279. The molecule has 1 fully saturated rings. The fourth-order valence-electron chi connectivity index (χ4n) is 2.70. The largest absolute Gasteiger partial charge is 0.374 e. The van der Waals surface area contributed by atoms with Crippen LogP contribution in [-0.2, 0) is 11.2 Å². The highest BCUT2D eigenvalue weighted by Gasteiger charge is 2.28. The normalized spacial score (nSPS) is 22.6. The highest BCUT2D eigenvalue weighted by Crippen LogP contribution is 2.15. The zero-order chi connectivity index (χ0) is 13.7. The van der Waals surface area contributed by atoms with Gasteiger partial charge in [0.1, 0.15) is 0 Å². The molecular weight excluding hydrogens is 236 g/mol. The number of benzene rings is 1. The van der Waals surface area contributed by atoms with Gasteiger partial charge in [0.25, 0.3) is 0 Å². The second kappa shape index (κ2) is 7.04. The zero-order valence-corrected chi connectivity index (χ0v) is 12.3. The number of hydrogen-bond donors (Lipinski definition) is 1. The van der Waals surface area contributed by atoms with E-state index in [0.717, 1.165) is 26.1 Å². The van der Waals surface area contributed by atoms with Gasteiger partial charge >= 0.3 is 0 Å². The maximum absolute atomic E-state index is 5.98. The second-order valence-electron chi connectivity index (χ2n) is 5.58. The quantitative estimate of drug-likeness (QED) is 0.877. The van der Waals surface area contributed by atoms with Gasteiger partial charge in [-0.25, -0.2) is 0 Å². The van der Waals surface area contributed by atoms with Gasteiger partial charge in [0, 0.05) is 25.2 Å². The van der Waals surface area contributed by atoms with E-state index < -0.39 is 0 Å². The average Bonchev–Trinajstić information content (AvgIpc) is 2.46. The molecule has 2 atom stereocenters. The minimum atomic E-state index is 0.279. The Balaban J connectivity index is 1.97. The van der Waals surface area contributed by atoms with Crippen LogP contribution in [0.2, 0.25) is 0 Å². The van der Waals surface area contributed by atoms with Crippen LogP contribution in [-0.4, -0.2) is 49.8 Å². The molecule has 1 aromatic carbocycles. The third-order valence-electron chi connectivity index (χ3n) is 3.97. The van der Waals surface area contributed by atoms with Gasteiger partial charge in [-0.1, -0.05) is 30.3 Å². The Labute approximate surface area is 116 Å². The van der Waals surface area contributed by atoms with Crippen molar-refractivity contribution >= 4 is 0 Å². The van der Waals surface area contributed by atoms with Crippen LogP contribution >= 0.6 is 0 Å². The van der Waals surface area contributed by atoms with Crippen LogP contribution < -0.4 is 5.32 Å². The van der Waals surface area contributed by atoms with E-state index in [-0.39, 0.29) is 6.10 Å². The van der Waals surface area contributed by atoms with E-state index in [1.54, 1.807) is 0 Å². The Morgan fingerprint density at radius 2 is 2.05 bits per heavy atom. The summed E-state index contributed by atoms with van der Waals surface area (Å²) in [7, 11) is 2.03. The fourth-order valence-corrected chi connectivity index (χ4v) is 2.70. The monoisotopic (exact) mass is 262 g/mol. The van der Waals surface area contributed by atoms with Gasteiger partial charge in [-0.05, 0) is 32.9 Å². The van der Waals surface area contributed by atoms with Gasteiger partial charge in [0.2, 0.25) is 0 Å². The van der Waals surface area contributed by atoms with E-state index in [0.29, 0.717) is 12.1 Å². The van der Waals surface area contributed by atoms with E-state index in [9.17, 15) is 0 Å². The summed E-state index contributed by atoms with van der Waals surface area (Å²) in [6.07, 6.45) is 1.30. The summed E-state index contributed by atoms with van der Waals surface area (Å²) < 4.78 is 5.98. The van der Waals surface area contributed by atoms with Crippen molar-refractivity contribution in [1.82, 2.24) is 10.2 Å². The molecule has 0 aliphatic carbocycles. The predicted molar refractivity (Wildman–Crippen MR) is 79.4 cm³/mol. The van der Waals surface area contributed by atoms with E-state index in [4.69, 9.17) is 4.74 Å². The summed E-state index contributed by atoms with van der Waals surface area (Å²) in [6.45, 7) is 7.43. The Hall–Kier alpha value is -0.900. The Morgan fingerprint density at radius 1 is 1.32 bits per heavy atom. The number of likely N-dealkylation sites (N-methyl/N-ethyl adjacent to an activating group) is 1. The van der Waals surface area contributed by atoms with Crippen LogP contribution in [0.3, 0.4) is 0 Å². The lowest BCUT2D eigenvalue weighted by atomic mass is 10.00. The van der Waals surface area contributed by atoms with Crippen LogP contribution in [0, 0.1) is 0 Å². The van der Waals surface area contributed by atoms with Crippen LogP contribution in [0.5, 0.6) is 0 Å². The topological polar surface area (TPSA) is 24.5 Å². The van der Waals surface area contributed by atoms with Gasteiger partial charge in [-0.3, -0.25) is 4.90 Å². The molecule has 1 aromatic rings. The van der Waals surface area contributed by atoms with Crippen molar-refractivity contribution in [2.24, 2.45) is 0 Å². The summed E-state index contributed by atoms with van der Waals surface area (Å²) in [4.78, 5) is 2.50. The predicted octanol–water partition coefficient (Wildman–Crippen LogP) is 1.93. The molecule has 1 N–H and O–H groups in total. The Kier molecular flexibility index (Phi) is 5.37. The molecule has 0 radical (unpaired) electrons. The van der Waals surface area contributed by atoms with Crippen LogP contribution in [0.1, 0.15) is 19.4 Å². The number of nitrogens with zero attached hydrogens (tertiary/aromatic N) is 1. The first kappa shape index (κ1) is 14.5. The summed E-state index contributed by atoms with van der Waals surface area (Å²) in [5.41, 5.74) is 1.37. The molecule has 0 amide bonds. The molecule has 2 rings (SSSR count). The first-order valence-corrected chi connectivity index (χ1v) is 7.27. The van der Waals surface area contributed by atoms with E-state index in [2.05, 4.69) is 54.4 Å². The summed E-state index contributed by atoms with van der Waals surface area (Å²) in [6, 6.07) is 11.6. The van der Waals surface area contributed by atoms with Crippen molar-refractivity contribution in [3.63, 3.8) is 0 Å². The van der Waals surface area contributed by atoms with Crippen LogP contribution in [0.25, 0.3) is 0 Å². The lowest BCUT2D eigenvalue weighted by Gasteiger charge is -2.39. The SMILES string of the molecule is CNC(Cc1ccccc1)C1CN(C(C)C)CCO1. The van der Waals surface area contributed by atoms with Crippen molar-refractivity contribution in [3.05, 3.63) is 35.9 Å². The van der Waals surface area contributed by atoms with Crippen LogP contribution in [0.4, 0.5) is 0 Å². The molecule has 2 unspecified atom stereocenters. The number of rotatable bonds is 5. The molecule has 1 aliphatic heterocycles. The maximum atomic E-state index is 5.98. The lowest BCUT2D eigenvalue weighted by Crippen LogP contribution is -2.53. The van der Waals surface area contributed by atoms with Crippen molar-refractivity contribution in [3.8, 4) is 0 Å². The van der Waals surface area contributed by atoms with E-state index in [1.165, 1.54) is 5.56 Å². The highest BCUT2D eigenvalue weighted by atomic mass is 16.5. The zero-order valence-electron chi connectivity index (χ0n) is 12.3. The van der Waals surface area contributed by atoms with E-state index in [1.807, 2.05) is 7.05 Å². The first-order chi connectivity index (χ1) is 9.20. The van der Waals surface area contributed by atoms with Crippen molar-refractivity contribution in [1.29, 1.82) is 0 Å². The molecule has 1 saturated heterocycles. The van der Waals surface area contributed by atoms with Crippen molar-refractivity contribution in [2.45, 2.75) is 38.5 Å². The Morgan fingerprint density at radius 3 is 2.68 bits per heavy atom. The average molecular weight is 262 g/mol. The van der Waals surface area contributed by atoms with Gasteiger partial charge < -0.3 is 10.1 Å². The highest BCUT2D eigenvalue weighted by molar-refractivity contribution is 5.16. The molecule has 0 spiro atoms. The van der Waals surface area contributed by atoms with Gasteiger partial charge in [-0.15, -0.1) is 0 Å².